The zero-order valence-corrected chi connectivity index (χ0v) is 13.4. The number of hydrogen-bond acceptors (Lipinski definition) is 2. The third kappa shape index (κ3) is 4.20. The number of aromatic hydroxyl groups is 1. The molecular weight excluding hydrogens is 272 g/mol. The van der Waals surface area contributed by atoms with Crippen molar-refractivity contribution in [1.82, 2.24) is 0 Å². The molecular formula is C20H24O2. The number of ketones is 1. The second-order valence-corrected chi connectivity index (χ2v) is 5.89. The molecule has 0 spiro atoms. The molecule has 0 fully saturated rings. The van der Waals surface area contributed by atoms with Gasteiger partial charge in [-0.25, -0.2) is 0 Å². The molecule has 1 N–H and O–H groups in total. The maximum Gasteiger partial charge on any atom is 0.165 e. The summed E-state index contributed by atoms with van der Waals surface area (Å²) in [5.41, 5.74) is 2.87. The van der Waals surface area contributed by atoms with Crippen molar-refractivity contribution >= 4 is 5.78 Å². The van der Waals surface area contributed by atoms with Crippen molar-refractivity contribution in [3.8, 4) is 16.9 Å². The first kappa shape index (κ1) is 16.3. The van der Waals surface area contributed by atoms with Crippen LogP contribution in [0.15, 0.2) is 48.5 Å². The summed E-state index contributed by atoms with van der Waals surface area (Å²) < 4.78 is 0. The fourth-order valence-corrected chi connectivity index (χ4v) is 2.60. The van der Waals surface area contributed by atoms with Crippen LogP contribution in [0.5, 0.6) is 5.75 Å². The molecule has 1 unspecified atom stereocenters. The summed E-state index contributed by atoms with van der Waals surface area (Å²) in [5, 5.41) is 9.33. The summed E-state index contributed by atoms with van der Waals surface area (Å²) in [6, 6.07) is 14.8. The molecule has 0 aliphatic carbocycles. The molecule has 0 aliphatic heterocycles. The molecule has 0 bridgehead atoms. The fourth-order valence-electron chi connectivity index (χ4n) is 2.60. The van der Waals surface area contributed by atoms with Gasteiger partial charge in [0, 0.05) is 11.5 Å². The smallest absolute Gasteiger partial charge is 0.165 e. The first-order valence-electron chi connectivity index (χ1n) is 8.05. The van der Waals surface area contributed by atoms with E-state index in [1.165, 1.54) is 12.8 Å². The van der Waals surface area contributed by atoms with Gasteiger partial charge in [0.2, 0.25) is 0 Å². The standard InChI is InChI=1S/C20H24O2/c1-3-4-5-6-15(2)20(22)18-9-7-16(8-10-18)17-11-13-19(21)14-12-17/h7-15,21H,3-6H2,1-2H3. The number of phenolic OH excluding ortho intramolecular Hbond substituents is 1. The minimum absolute atomic E-state index is 0.0890. The first-order chi connectivity index (χ1) is 10.6. The predicted octanol–water partition coefficient (Wildman–Crippen LogP) is 5.46. The highest BCUT2D eigenvalue weighted by atomic mass is 16.3. The number of hydrogen-bond donors (Lipinski definition) is 1. The van der Waals surface area contributed by atoms with E-state index in [1.54, 1.807) is 12.1 Å². The van der Waals surface area contributed by atoms with Gasteiger partial charge in [0.25, 0.3) is 0 Å². The largest absolute Gasteiger partial charge is 0.508 e. The molecule has 0 saturated carbocycles. The number of carbonyl (C=O) groups is 1. The number of benzene rings is 2. The van der Waals surface area contributed by atoms with Crippen LogP contribution in [0.25, 0.3) is 11.1 Å². The Labute approximate surface area is 132 Å². The molecule has 2 nitrogen and oxygen atoms in total. The monoisotopic (exact) mass is 296 g/mol. The molecule has 0 heterocycles. The third-order valence-electron chi connectivity index (χ3n) is 4.06. The summed E-state index contributed by atoms with van der Waals surface area (Å²) in [6.07, 6.45) is 4.46. The molecule has 22 heavy (non-hydrogen) atoms. The highest BCUT2D eigenvalue weighted by molar-refractivity contribution is 5.98. The molecule has 1 atom stereocenters. The van der Waals surface area contributed by atoms with Crippen LogP contribution in [-0.2, 0) is 0 Å². The molecule has 2 aromatic carbocycles. The van der Waals surface area contributed by atoms with Gasteiger partial charge >= 0.3 is 0 Å². The summed E-state index contributed by atoms with van der Waals surface area (Å²) in [4.78, 5) is 12.4. The minimum atomic E-state index is 0.0890. The van der Waals surface area contributed by atoms with Crippen molar-refractivity contribution < 1.29 is 9.90 Å². The van der Waals surface area contributed by atoms with Crippen molar-refractivity contribution in [2.45, 2.75) is 39.5 Å². The van der Waals surface area contributed by atoms with Crippen LogP contribution in [0.3, 0.4) is 0 Å². The van der Waals surface area contributed by atoms with Gasteiger partial charge < -0.3 is 5.11 Å². The Hall–Kier alpha value is -2.09. The number of carbonyl (C=O) groups excluding carboxylic acids is 1. The topological polar surface area (TPSA) is 37.3 Å². The Bertz CT molecular complexity index is 597. The average Bonchev–Trinajstić information content (AvgIpc) is 2.55. The number of unbranched alkanes of at least 4 members (excludes halogenated alkanes) is 2. The lowest BCUT2D eigenvalue weighted by molar-refractivity contribution is 0.0922. The van der Waals surface area contributed by atoms with Crippen molar-refractivity contribution in [3.05, 3.63) is 54.1 Å². The lowest BCUT2D eigenvalue weighted by atomic mass is 9.93. The molecule has 0 aromatic heterocycles. The van der Waals surface area contributed by atoms with E-state index in [4.69, 9.17) is 0 Å². The van der Waals surface area contributed by atoms with E-state index in [1.807, 2.05) is 43.3 Å². The second kappa shape index (κ2) is 7.79. The van der Waals surface area contributed by atoms with Crippen molar-refractivity contribution in [3.63, 3.8) is 0 Å². The van der Waals surface area contributed by atoms with E-state index in [0.717, 1.165) is 29.5 Å². The van der Waals surface area contributed by atoms with Gasteiger partial charge in [-0.05, 0) is 29.7 Å². The maximum atomic E-state index is 12.4. The molecule has 2 heteroatoms. The molecule has 0 amide bonds. The zero-order valence-electron chi connectivity index (χ0n) is 13.4. The molecule has 2 rings (SSSR count). The van der Waals surface area contributed by atoms with Gasteiger partial charge in [-0.2, -0.15) is 0 Å². The molecule has 116 valence electrons. The SMILES string of the molecule is CCCCCC(C)C(=O)c1ccc(-c2ccc(O)cc2)cc1. The van der Waals surface area contributed by atoms with Crippen LogP contribution < -0.4 is 0 Å². The van der Waals surface area contributed by atoms with Crippen LogP contribution in [0.4, 0.5) is 0 Å². The predicted molar refractivity (Wildman–Crippen MR) is 91.2 cm³/mol. The Kier molecular flexibility index (Phi) is 5.76. The number of Topliss-reactive ketones (excluding diaryl/α,β-unsaturated/α-hetero) is 1. The van der Waals surface area contributed by atoms with Gasteiger partial charge in [-0.3, -0.25) is 4.79 Å². The molecule has 0 saturated heterocycles. The van der Waals surface area contributed by atoms with Gasteiger partial charge in [0.15, 0.2) is 5.78 Å². The normalized spacial score (nSPS) is 12.1. The Morgan fingerprint density at radius 2 is 1.50 bits per heavy atom. The van der Waals surface area contributed by atoms with Gasteiger partial charge in [0.1, 0.15) is 5.75 Å². The van der Waals surface area contributed by atoms with Gasteiger partial charge in [-0.15, -0.1) is 0 Å². The number of phenols is 1. The maximum absolute atomic E-state index is 12.4. The van der Waals surface area contributed by atoms with E-state index < -0.39 is 0 Å². The second-order valence-electron chi connectivity index (χ2n) is 5.89. The summed E-state index contributed by atoms with van der Waals surface area (Å²) >= 11 is 0. The summed E-state index contributed by atoms with van der Waals surface area (Å²) in [6.45, 7) is 4.19. The van der Waals surface area contributed by atoms with Crippen LogP contribution in [0.2, 0.25) is 0 Å². The minimum Gasteiger partial charge on any atom is -0.508 e. The van der Waals surface area contributed by atoms with E-state index in [0.29, 0.717) is 0 Å². The average molecular weight is 296 g/mol. The van der Waals surface area contributed by atoms with E-state index in [9.17, 15) is 9.90 Å². The van der Waals surface area contributed by atoms with Crippen molar-refractivity contribution in [1.29, 1.82) is 0 Å². The molecule has 0 aliphatic rings. The Morgan fingerprint density at radius 3 is 2.05 bits per heavy atom. The van der Waals surface area contributed by atoms with Crippen molar-refractivity contribution in [2.75, 3.05) is 0 Å². The van der Waals surface area contributed by atoms with Gasteiger partial charge in [-0.1, -0.05) is 69.5 Å². The quantitative estimate of drug-likeness (QED) is 0.544. The van der Waals surface area contributed by atoms with Crippen LogP contribution in [-0.4, -0.2) is 10.9 Å². The van der Waals surface area contributed by atoms with Crippen LogP contribution in [0.1, 0.15) is 49.9 Å². The zero-order chi connectivity index (χ0) is 15.9. The van der Waals surface area contributed by atoms with E-state index >= 15 is 0 Å². The lowest BCUT2D eigenvalue weighted by Gasteiger charge is -2.11. The summed E-state index contributed by atoms with van der Waals surface area (Å²) in [7, 11) is 0. The highest BCUT2D eigenvalue weighted by Crippen LogP contribution is 2.23. The van der Waals surface area contributed by atoms with E-state index in [-0.39, 0.29) is 17.5 Å². The molecule has 0 radical (unpaired) electrons. The fraction of sp³-hybridized carbons (Fsp3) is 0.350. The summed E-state index contributed by atoms with van der Waals surface area (Å²) in [5.74, 6) is 0.580. The van der Waals surface area contributed by atoms with E-state index in [2.05, 4.69) is 6.92 Å². The van der Waals surface area contributed by atoms with Crippen LogP contribution in [0, 0.1) is 5.92 Å². The third-order valence-corrected chi connectivity index (χ3v) is 4.06. The highest BCUT2D eigenvalue weighted by Gasteiger charge is 2.14. The number of rotatable bonds is 7. The van der Waals surface area contributed by atoms with Crippen molar-refractivity contribution in [2.24, 2.45) is 5.92 Å². The first-order valence-corrected chi connectivity index (χ1v) is 8.05. The van der Waals surface area contributed by atoms with Crippen LogP contribution >= 0.6 is 0 Å². The lowest BCUT2D eigenvalue weighted by Crippen LogP contribution is -2.11. The Balaban J connectivity index is 2.04. The molecule has 2 aromatic rings. The van der Waals surface area contributed by atoms with Gasteiger partial charge in [0.05, 0.1) is 0 Å². The Morgan fingerprint density at radius 1 is 0.955 bits per heavy atom.